The maximum atomic E-state index is 12.9. The van der Waals surface area contributed by atoms with E-state index in [2.05, 4.69) is 27.6 Å². The summed E-state index contributed by atoms with van der Waals surface area (Å²) in [5, 5.41) is 7.86. The molecule has 1 saturated carbocycles. The molecular weight excluding hydrogens is 423 g/mol. The first kappa shape index (κ1) is 27.9. The number of rotatable bonds is 3. The van der Waals surface area contributed by atoms with Crippen LogP contribution in [-0.4, -0.2) is 51.6 Å². The van der Waals surface area contributed by atoms with Gasteiger partial charge in [0.25, 0.3) is 0 Å². The van der Waals surface area contributed by atoms with Crippen LogP contribution >= 0.6 is 0 Å². The number of nitrogens with two attached hydrogens (primary N) is 3. The highest BCUT2D eigenvalue weighted by molar-refractivity contribution is 6.11. The molecule has 1 atom stereocenters. The lowest BCUT2D eigenvalue weighted by molar-refractivity contribution is -0.118. The van der Waals surface area contributed by atoms with Crippen LogP contribution in [0.4, 0.5) is 16.0 Å². The second kappa shape index (κ2) is 15.6. The molecule has 0 aromatic carbocycles. The van der Waals surface area contributed by atoms with Gasteiger partial charge in [0, 0.05) is 24.3 Å². The summed E-state index contributed by atoms with van der Waals surface area (Å²) in [6.45, 7) is 3.05. The summed E-state index contributed by atoms with van der Waals surface area (Å²) in [7, 11) is 1.50. The maximum absolute atomic E-state index is 12.9. The summed E-state index contributed by atoms with van der Waals surface area (Å²) in [6, 6.07) is 3.73. The Morgan fingerprint density at radius 3 is 2.12 bits per heavy atom. The first-order valence-corrected chi connectivity index (χ1v) is 11.3. The number of halogens is 1. The fourth-order valence-electron chi connectivity index (χ4n) is 3.42. The molecule has 2 aromatic rings. The lowest BCUT2D eigenvalue weighted by Crippen LogP contribution is -2.24. The van der Waals surface area contributed by atoms with Crippen molar-refractivity contribution in [2.45, 2.75) is 64.3 Å². The molecule has 3 heterocycles. The van der Waals surface area contributed by atoms with Crippen LogP contribution in [0.5, 0.6) is 0 Å². The normalized spacial score (nSPS) is 16.7. The van der Waals surface area contributed by atoms with E-state index in [1.807, 2.05) is 4.90 Å². The molecule has 0 radical (unpaired) electrons. The molecule has 2 aromatic heterocycles. The highest BCUT2D eigenvalue weighted by Crippen LogP contribution is 2.15. The van der Waals surface area contributed by atoms with E-state index in [0.29, 0.717) is 11.6 Å². The fraction of sp³-hybridized carbons (Fsp3) is 0.522. The molecule has 0 bridgehead atoms. The molecule has 2 fully saturated rings. The van der Waals surface area contributed by atoms with Crippen molar-refractivity contribution in [1.29, 1.82) is 5.41 Å². The molecule has 10 heteroatoms. The van der Waals surface area contributed by atoms with Crippen LogP contribution in [0.25, 0.3) is 0 Å². The van der Waals surface area contributed by atoms with Gasteiger partial charge >= 0.3 is 0 Å². The van der Waals surface area contributed by atoms with E-state index in [1.165, 1.54) is 64.6 Å². The molecule has 1 amide bonds. The Hall–Kier alpha value is -3.14. The van der Waals surface area contributed by atoms with Crippen LogP contribution in [0.15, 0.2) is 24.5 Å². The molecular formula is C23H37FN8O. The number of amides is 1. The van der Waals surface area contributed by atoms with E-state index in [4.69, 9.17) is 16.9 Å². The van der Waals surface area contributed by atoms with Crippen molar-refractivity contribution in [2.75, 3.05) is 25.1 Å². The van der Waals surface area contributed by atoms with Gasteiger partial charge in [-0.2, -0.15) is 0 Å². The Morgan fingerprint density at radius 2 is 1.70 bits per heavy atom. The van der Waals surface area contributed by atoms with Gasteiger partial charge in [-0.15, -0.1) is 0 Å². The van der Waals surface area contributed by atoms with E-state index in [1.54, 1.807) is 12.1 Å². The lowest BCUT2D eigenvalue weighted by atomic mass is 10.0. The minimum Gasteiger partial charge on any atom is -0.383 e. The van der Waals surface area contributed by atoms with Crippen LogP contribution in [0.3, 0.4) is 0 Å². The van der Waals surface area contributed by atoms with Crippen LogP contribution in [-0.2, 0) is 4.79 Å². The number of anilines is 2. The predicted molar refractivity (Wildman–Crippen MR) is 130 cm³/mol. The number of hydrogen-bond donors (Lipinski definition) is 4. The number of carbonyl (C=O) groups is 1. The van der Waals surface area contributed by atoms with Crippen molar-refractivity contribution < 1.29 is 9.18 Å². The fourth-order valence-corrected chi connectivity index (χ4v) is 3.42. The second-order valence-corrected chi connectivity index (χ2v) is 7.69. The first-order valence-electron chi connectivity index (χ1n) is 11.3. The van der Waals surface area contributed by atoms with Gasteiger partial charge in [-0.25, -0.2) is 19.3 Å². The number of carbonyl (C=O) groups excluding carboxylic acids is 1. The van der Waals surface area contributed by atoms with Gasteiger partial charge in [-0.1, -0.05) is 38.5 Å². The number of hydrogen-bond acceptors (Lipinski definition) is 8. The Kier molecular flexibility index (Phi) is 13.2. The second-order valence-electron chi connectivity index (χ2n) is 7.69. The third kappa shape index (κ3) is 9.48. The van der Waals surface area contributed by atoms with E-state index in [-0.39, 0.29) is 23.2 Å². The smallest absolute Gasteiger partial charge is 0.209 e. The van der Waals surface area contributed by atoms with Crippen molar-refractivity contribution >= 4 is 23.8 Å². The Balaban J connectivity index is 0.000000280. The number of aromatic nitrogens is 3. The van der Waals surface area contributed by atoms with Crippen LogP contribution in [0, 0.1) is 11.2 Å². The molecule has 182 valence electrons. The zero-order chi connectivity index (χ0) is 24.6. The standard InChI is InChI=1S/C10H9FN6.C6H11NO.C6H12.CH5N/c11-6-4-16-10(17-9(6)14)7(12)5-2-1-3-15-8(5)13;1-6-3-2-4-7(6)5-8;1-2-4-6-5-3-1;1-2/h1-4,12H,(H2,13,15)(H2,14,16,17);5-6H,2-4H2,1H3;1-6H2;2H2,1H3. The quantitative estimate of drug-likeness (QED) is 0.404. The highest BCUT2D eigenvalue weighted by atomic mass is 19.1. The van der Waals surface area contributed by atoms with Gasteiger partial charge in [0.2, 0.25) is 6.41 Å². The molecule has 33 heavy (non-hydrogen) atoms. The minimum absolute atomic E-state index is 0.00333. The monoisotopic (exact) mass is 460 g/mol. The van der Waals surface area contributed by atoms with Crippen LogP contribution in [0.2, 0.25) is 0 Å². The summed E-state index contributed by atoms with van der Waals surface area (Å²) in [5.74, 6) is -0.837. The summed E-state index contributed by atoms with van der Waals surface area (Å²) in [4.78, 5) is 23.2. The topological polar surface area (TPSA) is 161 Å². The summed E-state index contributed by atoms with van der Waals surface area (Å²) < 4.78 is 12.9. The molecule has 1 aliphatic heterocycles. The van der Waals surface area contributed by atoms with Crippen LogP contribution in [0.1, 0.15) is 69.7 Å². The number of likely N-dealkylation sites (tertiary alicyclic amines) is 1. The predicted octanol–water partition coefficient (Wildman–Crippen LogP) is 3.13. The zero-order valence-electron chi connectivity index (χ0n) is 19.6. The Bertz CT molecular complexity index is 849. The minimum atomic E-state index is -0.722. The molecule has 7 N–H and O–H groups in total. The number of nitrogens with zero attached hydrogens (tertiary/aromatic N) is 4. The third-order valence-corrected chi connectivity index (χ3v) is 5.34. The Morgan fingerprint density at radius 1 is 1.09 bits per heavy atom. The van der Waals surface area contributed by atoms with E-state index >= 15 is 0 Å². The first-order chi connectivity index (χ1) is 15.9. The SMILES string of the molecule is C1CCCCC1.CC1CCCN1C=O.CN.N=C(c1ncc(F)c(N)n1)c1cccnc1N. The van der Waals surface area contributed by atoms with E-state index in [0.717, 1.165) is 19.2 Å². The van der Waals surface area contributed by atoms with Crippen molar-refractivity contribution in [3.63, 3.8) is 0 Å². The van der Waals surface area contributed by atoms with Crippen LogP contribution < -0.4 is 17.2 Å². The van der Waals surface area contributed by atoms with Gasteiger partial charge < -0.3 is 22.1 Å². The largest absolute Gasteiger partial charge is 0.383 e. The molecule has 1 saturated heterocycles. The van der Waals surface area contributed by atoms with Gasteiger partial charge in [-0.3, -0.25) is 10.2 Å². The van der Waals surface area contributed by atoms with Crippen molar-refractivity contribution in [3.8, 4) is 0 Å². The molecule has 1 aliphatic carbocycles. The van der Waals surface area contributed by atoms with Gasteiger partial charge in [-0.05, 0) is 38.9 Å². The average molecular weight is 461 g/mol. The van der Waals surface area contributed by atoms with Crippen molar-refractivity contribution in [2.24, 2.45) is 5.73 Å². The highest BCUT2D eigenvalue weighted by Gasteiger charge is 2.17. The van der Waals surface area contributed by atoms with E-state index < -0.39 is 5.82 Å². The van der Waals surface area contributed by atoms with Gasteiger partial charge in [0.05, 0.1) is 6.20 Å². The summed E-state index contributed by atoms with van der Waals surface area (Å²) in [5.41, 5.74) is 15.7. The Labute approximate surface area is 195 Å². The molecule has 1 unspecified atom stereocenters. The molecule has 9 nitrogen and oxygen atoms in total. The zero-order valence-corrected chi connectivity index (χ0v) is 19.6. The lowest BCUT2D eigenvalue weighted by Gasteiger charge is -2.13. The van der Waals surface area contributed by atoms with Gasteiger partial charge in [0.1, 0.15) is 11.5 Å². The summed E-state index contributed by atoms with van der Waals surface area (Å²) >= 11 is 0. The molecule has 2 aliphatic rings. The number of nitrogens with one attached hydrogen (secondary N) is 1. The average Bonchev–Trinajstić information content (AvgIpc) is 3.29. The third-order valence-electron chi connectivity index (χ3n) is 5.34. The van der Waals surface area contributed by atoms with Gasteiger partial charge in [0.15, 0.2) is 17.5 Å². The van der Waals surface area contributed by atoms with E-state index in [9.17, 15) is 9.18 Å². The molecule has 0 spiro atoms. The van der Waals surface area contributed by atoms with Crippen molar-refractivity contribution in [1.82, 2.24) is 19.9 Å². The van der Waals surface area contributed by atoms with Crippen molar-refractivity contribution in [3.05, 3.63) is 41.7 Å². The maximum Gasteiger partial charge on any atom is 0.209 e. The number of nitrogen functional groups attached to an aromatic ring is 2. The summed E-state index contributed by atoms with van der Waals surface area (Å²) in [6.07, 6.45) is 14.7. The number of pyridine rings is 1. The molecule has 4 rings (SSSR count).